The van der Waals surface area contributed by atoms with Crippen LogP contribution in [-0.2, 0) is 16.1 Å². The number of nitrogen functional groups attached to an aromatic ring is 1. The molecule has 0 aromatic carbocycles. The summed E-state index contributed by atoms with van der Waals surface area (Å²) < 4.78 is 5.48. The summed E-state index contributed by atoms with van der Waals surface area (Å²) in [5.74, 6) is 0.179. The van der Waals surface area contributed by atoms with Gasteiger partial charge in [-0.05, 0) is 25.7 Å². The van der Waals surface area contributed by atoms with Crippen LogP contribution in [-0.4, -0.2) is 47.6 Å². The van der Waals surface area contributed by atoms with Crippen LogP contribution < -0.4 is 11.1 Å². The van der Waals surface area contributed by atoms with Crippen LogP contribution in [0.5, 0.6) is 0 Å². The number of carbonyl (C=O) groups excluding carboxylic acids is 1. The van der Waals surface area contributed by atoms with Gasteiger partial charge in [-0.25, -0.2) is 4.98 Å². The summed E-state index contributed by atoms with van der Waals surface area (Å²) in [6.45, 7) is 3.11. The quantitative estimate of drug-likeness (QED) is 0.867. The maximum absolute atomic E-state index is 12.2. The first kappa shape index (κ1) is 14.7. The van der Waals surface area contributed by atoms with Crippen molar-refractivity contribution in [3.05, 3.63) is 11.1 Å². The van der Waals surface area contributed by atoms with Gasteiger partial charge in [-0.2, -0.15) is 0 Å². The lowest BCUT2D eigenvalue weighted by Crippen LogP contribution is -2.47. The van der Waals surface area contributed by atoms with E-state index in [4.69, 9.17) is 10.5 Å². The average Bonchev–Trinajstić information content (AvgIpc) is 3.16. The topological polar surface area (TPSA) is 80.5 Å². The molecule has 7 heteroatoms. The molecule has 3 rings (SSSR count). The van der Waals surface area contributed by atoms with Gasteiger partial charge in [0.25, 0.3) is 5.91 Å². The van der Waals surface area contributed by atoms with Gasteiger partial charge in [0.1, 0.15) is 6.10 Å². The van der Waals surface area contributed by atoms with Crippen molar-refractivity contribution in [3.8, 4) is 0 Å². The number of aromatic nitrogens is 1. The van der Waals surface area contributed by atoms with Crippen molar-refractivity contribution in [1.29, 1.82) is 0 Å². The molecule has 0 aliphatic carbocycles. The van der Waals surface area contributed by atoms with E-state index < -0.39 is 0 Å². The minimum Gasteiger partial charge on any atom is -0.375 e. The first-order valence-corrected chi connectivity index (χ1v) is 8.44. The molecule has 116 valence electrons. The summed E-state index contributed by atoms with van der Waals surface area (Å²) in [6, 6.07) is 0.446. The summed E-state index contributed by atoms with van der Waals surface area (Å²) in [6.07, 6.45) is 3.66. The van der Waals surface area contributed by atoms with E-state index in [0.29, 0.717) is 11.2 Å². The number of rotatable bonds is 4. The number of nitrogens with zero attached hydrogens (tertiary/aromatic N) is 2. The molecule has 0 saturated carbocycles. The van der Waals surface area contributed by atoms with Crippen molar-refractivity contribution in [2.75, 3.05) is 25.4 Å². The maximum Gasteiger partial charge on any atom is 0.251 e. The molecule has 6 nitrogen and oxygen atoms in total. The van der Waals surface area contributed by atoms with E-state index in [1.54, 1.807) is 0 Å². The largest absolute Gasteiger partial charge is 0.375 e. The lowest BCUT2D eigenvalue weighted by atomic mass is 10.0. The van der Waals surface area contributed by atoms with Crippen LogP contribution in [0.15, 0.2) is 5.38 Å². The predicted molar refractivity (Wildman–Crippen MR) is 81.9 cm³/mol. The molecule has 0 unspecified atom stereocenters. The van der Waals surface area contributed by atoms with Crippen molar-refractivity contribution in [1.82, 2.24) is 15.2 Å². The van der Waals surface area contributed by atoms with Gasteiger partial charge in [0.2, 0.25) is 0 Å². The number of hydrogen-bond donors (Lipinski definition) is 2. The zero-order valence-corrected chi connectivity index (χ0v) is 12.9. The van der Waals surface area contributed by atoms with Crippen LogP contribution in [0.1, 0.15) is 31.4 Å². The second-order valence-corrected chi connectivity index (χ2v) is 6.55. The molecule has 0 spiro atoms. The smallest absolute Gasteiger partial charge is 0.251 e. The Balaban J connectivity index is 1.41. The lowest BCUT2D eigenvalue weighted by Gasteiger charge is -2.33. The predicted octanol–water partition coefficient (Wildman–Crippen LogP) is 0.985. The second-order valence-electron chi connectivity index (χ2n) is 5.66. The van der Waals surface area contributed by atoms with Gasteiger partial charge >= 0.3 is 0 Å². The molecule has 21 heavy (non-hydrogen) atoms. The van der Waals surface area contributed by atoms with Crippen LogP contribution >= 0.6 is 11.3 Å². The Hall–Kier alpha value is -1.18. The summed E-state index contributed by atoms with van der Waals surface area (Å²) >= 11 is 1.47. The number of thiazole rings is 1. The number of likely N-dealkylation sites (tertiary alicyclic amines) is 1. The van der Waals surface area contributed by atoms with E-state index in [9.17, 15) is 4.79 Å². The highest BCUT2D eigenvalue weighted by Gasteiger charge is 2.30. The third kappa shape index (κ3) is 3.72. The van der Waals surface area contributed by atoms with Gasteiger partial charge in [-0.3, -0.25) is 4.79 Å². The molecule has 1 aromatic heterocycles. The number of ether oxygens (including phenoxy) is 1. The van der Waals surface area contributed by atoms with Crippen molar-refractivity contribution in [3.63, 3.8) is 0 Å². The highest BCUT2D eigenvalue weighted by atomic mass is 32.1. The van der Waals surface area contributed by atoms with Crippen LogP contribution in [0.3, 0.4) is 0 Å². The van der Waals surface area contributed by atoms with Gasteiger partial charge < -0.3 is 20.7 Å². The molecule has 2 fully saturated rings. The number of piperidine rings is 1. The Kier molecular flexibility index (Phi) is 4.72. The standard InChI is InChI=1S/C14H22N4O2S/c15-14-17-11(9-21-14)8-16-10-3-5-18(6-4-10)13(19)12-2-1-7-20-12/h9-10,12,16H,1-8H2,(H2,15,17)/t12-/m0/s1. The third-order valence-corrected chi connectivity index (χ3v) is 4.88. The molecular formula is C14H22N4O2S. The zero-order valence-electron chi connectivity index (χ0n) is 12.1. The Morgan fingerprint density at radius 1 is 1.48 bits per heavy atom. The molecule has 0 bridgehead atoms. The molecule has 1 aromatic rings. The van der Waals surface area contributed by atoms with Gasteiger partial charge in [0, 0.05) is 37.7 Å². The summed E-state index contributed by atoms with van der Waals surface area (Å²) in [5.41, 5.74) is 6.62. The summed E-state index contributed by atoms with van der Waals surface area (Å²) in [7, 11) is 0. The molecule has 3 N–H and O–H groups in total. The fourth-order valence-electron chi connectivity index (χ4n) is 2.93. The number of nitrogens with two attached hydrogens (primary N) is 1. The molecule has 3 heterocycles. The maximum atomic E-state index is 12.2. The van der Waals surface area contributed by atoms with Crippen molar-refractivity contribution >= 4 is 22.4 Å². The van der Waals surface area contributed by atoms with E-state index in [-0.39, 0.29) is 12.0 Å². The Morgan fingerprint density at radius 2 is 2.29 bits per heavy atom. The number of hydrogen-bond acceptors (Lipinski definition) is 6. The number of amides is 1. The van der Waals surface area contributed by atoms with Crippen molar-refractivity contribution in [2.24, 2.45) is 0 Å². The van der Waals surface area contributed by atoms with Gasteiger partial charge in [-0.1, -0.05) is 0 Å². The van der Waals surface area contributed by atoms with Crippen LogP contribution in [0.2, 0.25) is 0 Å². The fraction of sp³-hybridized carbons (Fsp3) is 0.714. The van der Waals surface area contributed by atoms with Gasteiger partial charge in [0.05, 0.1) is 5.69 Å². The fourth-order valence-corrected chi connectivity index (χ4v) is 3.50. The molecular weight excluding hydrogens is 288 g/mol. The van der Waals surface area contributed by atoms with E-state index in [1.165, 1.54) is 11.3 Å². The summed E-state index contributed by atoms with van der Waals surface area (Å²) in [4.78, 5) is 18.4. The van der Waals surface area contributed by atoms with Crippen LogP contribution in [0.25, 0.3) is 0 Å². The molecule has 1 atom stereocenters. The van der Waals surface area contributed by atoms with Crippen LogP contribution in [0, 0.1) is 0 Å². The molecule has 2 aliphatic rings. The lowest BCUT2D eigenvalue weighted by molar-refractivity contribution is -0.142. The Bertz CT molecular complexity index is 479. The number of carbonyl (C=O) groups is 1. The number of anilines is 1. The monoisotopic (exact) mass is 310 g/mol. The highest BCUT2D eigenvalue weighted by molar-refractivity contribution is 7.13. The first-order valence-electron chi connectivity index (χ1n) is 7.56. The molecule has 2 saturated heterocycles. The van der Waals surface area contributed by atoms with Crippen molar-refractivity contribution in [2.45, 2.75) is 44.4 Å². The van der Waals surface area contributed by atoms with Crippen LogP contribution in [0.4, 0.5) is 5.13 Å². The first-order chi connectivity index (χ1) is 10.2. The number of nitrogens with one attached hydrogen (secondary N) is 1. The van der Waals surface area contributed by atoms with Gasteiger partial charge in [0.15, 0.2) is 5.13 Å². The second kappa shape index (κ2) is 6.72. The van der Waals surface area contributed by atoms with E-state index in [0.717, 1.165) is 57.6 Å². The molecule has 2 aliphatic heterocycles. The molecule has 1 amide bonds. The minimum absolute atomic E-state index is 0.179. The third-order valence-electron chi connectivity index (χ3n) is 4.15. The van der Waals surface area contributed by atoms with Crippen molar-refractivity contribution < 1.29 is 9.53 Å². The Morgan fingerprint density at radius 3 is 2.90 bits per heavy atom. The van der Waals surface area contributed by atoms with Gasteiger partial charge in [-0.15, -0.1) is 11.3 Å². The SMILES string of the molecule is Nc1nc(CNC2CCN(C(=O)[C@@H]3CCCO3)CC2)cs1. The zero-order chi connectivity index (χ0) is 14.7. The minimum atomic E-state index is -0.188. The molecule has 0 radical (unpaired) electrons. The normalized spacial score (nSPS) is 23.6. The average molecular weight is 310 g/mol. The van der Waals surface area contributed by atoms with E-state index in [1.807, 2.05) is 10.3 Å². The summed E-state index contributed by atoms with van der Waals surface area (Å²) in [5, 5.41) is 6.10. The van der Waals surface area contributed by atoms with E-state index in [2.05, 4.69) is 10.3 Å². The highest BCUT2D eigenvalue weighted by Crippen LogP contribution is 2.19. The Labute approximate surface area is 128 Å². The van der Waals surface area contributed by atoms with E-state index >= 15 is 0 Å².